The van der Waals surface area contributed by atoms with Crippen LogP contribution in [0.3, 0.4) is 0 Å². The van der Waals surface area contributed by atoms with Gasteiger partial charge in [0.05, 0.1) is 6.07 Å². The van der Waals surface area contributed by atoms with Crippen molar-refractivity contribution >= 4 is 0 Å². The maximum atomic E-state index is 9.12. The first-order chi connectivity index (χ1) is 6.04. The molecule has 0 aromatic heterocycles. The standard InChI is InChI=1S/C11H20N2/c1-10(2)5-4-6-11(9-12,13-3)8-7-10/h13H,4-8H2,1-3H3. The van der Waals surface area contributed by atoms with Crippen molar-refractivity contribution in [2.45, 2.75) is 51.5 Å². The second kappa shape index (κ2) is 3.67. The first kappa shape index (κ1) is 10.5. The molecule has 0 saturated heterocycles. The quantitative estimate of drug-likeness (QED) is 0.629. The average Bonchev–Trinajstić information content (AvgIpc) is 2.25. The minimum absolute atomic E-state index is 0.242. The van der Waals surface area contributed by atoms with E-state index in [-0.39, 0.29) is 5.54 Å². The van der Waals surface area contributed by atoms with E-state index in [2.05, 4.69) is 25.2 Å². The Hall–Kier alpha value is -0.550. The Morgan fingerprint density at radius 2 is 1.85 bits per heavy atom. The van der Waals surface area contributed by atoms with Crippen molar-refractivity contribution < 1.29 is 0 Å². The van der Waals surface area contributed by atoms with E-state index in [0.717, 1.165) is 19.3 Å². The molecule has 0 aliphatic heterocycles. The van der Waals surface area contributed by atoms with Crippen LogP contribution in [-0.2, 0) is 0 Å². The maximum absolute atomic E-state index is 9.12. The summed E-state index contributed by atoms with van der Waals surface area (Å²) in [6.07, 6.45) is 5.57. The molecule has 1 unspecified atom stereocenters. The van der Waals surface area contributed by atoms with E-state index in [9.17, 15) is 0 Å². The zero-order valence-electron chi connectivity index (χ0n) is 8.98. The van der Waals surface area contributed by atoms with Crippen LogP contribution in [0.2, 0.25) is 0 Å². The molecular weight excluding hydrogens is 160 g/mol. The second-order valence-electron chi connectivity index (χ2n) is 4.96. The van der Waals surface area contributed by atoms with Gasteiger partial charge in [0.25, 0.3) is 0 Å². The Morgan fingerprint density at radius 1 is 1.15 bits per heavy atom. The van der Waals surface area contributed by atoms with Crippen LogP contribution in [0.25, 0.3) is 0 Å². The van der Waals surface area contributed by atoms with Crippen LogP contribution >= 0.6 is 0 Å². The summed E-state index contributed by atoms with van der Waals surface area (Å²) in [5.41, 5.74) is 0.184. The van der Waals surface area contributed by atoms with Crippen molar-refractivity contribution in [2.24, 2.45) is 5.41 Å². The van der Waals surface area contributed by atoms with Crippen LogP contribution in [0.4, 0.5) is 0 Å². The van der Waals surface area contributed by atoms with Crippen molar-refractivity contribution in [1.29, 1.82) is 5.26 Å². The summed E-state index contributed by atoms with van der Waals surface area (Å²) in [4.78, 5) is 0. The molecule has 0 radical (unpaired) electrons. The third kappa shape index (κ3) is 2.45. The summed E-state index contributed by atoms with van der Waals surface area (Å²) in [6, 6.07) is 2.43. The van der Waals surface area contributed by atoms with E-state index in [0.29, 0.717) is 5.41 Å². The van der Waals surface area contributed by atoms with Gasteiger partial charge >= 0.3 is 0 Å². The summed E-state index contributed by atoms with van der Waals surface area (Å²) in [5.74, 6) is 0. The summed E-state index contributed by atoms with van der Waals surface area (Å²) in [7, 11) is 1.90. The fraction of sp³-hybridized carbons (Fsp3) is 0.909. The minimum atomic E-state index is -0.242. The van der Waals surface area contributed by atoms with Crippen molar-refractivity contribution in [1.82, 2.24) is 5.32 Å². The predicted molar refractivity (Wildman–Crippen MR) is 54.3 cm³/mol. The molecule has 1 rings (SSSR count). The molecule has 74 valence electrons. The largest absolute Gasteiger partial charge is 0.302 e. The van der Waals surface area contributed by atoms with Gasteiger partial charge in [0.1, 0.15) is 5.54 Å². The summed E-state index contributed by atoms with van der Waals surface area (Å²) < 4.78 is 0. The van der Waals surface area contributed by atoms with Gasteiger partial charge in [-0.2, -0.15) is 5.26 Å². The lowest BCUT2D eigenvalue weighted by Gasteiger charge is -2.25. The SMILES string of the molecule is CNC1(C#N)CCCC(C)(C)CC1. The van der Waals surface area contributed by atoms with Crippen molar-refractivity contribution in [3.8, 4) is 6.07 Å². The summed E-state index contributed by atoms with van der Waals surface area (Å²) in [6.45, 7) is 4.60. The second-order valence-corrected chi connectivity index (χ2v) is 4.96. The highest BCUT2D eigenvalue weighted by Gasteiger charge is 2.34. The molecule has 1 aliphatic carbocycles. The van der Waals surface area contributed by atoms with Crippen LogP contribution in [0.1, 0.15) is 46.0 Å². The zero-order chi connectivity index (χ0) is 9.95. The molecular formula is C11H20N2. The number of nitriles is 1. The molecule has 0 bridgehead atoms. The minimum Gasteiger partial charge on any atom is -0.302 e. The van der Waals surface area contributed by atoms with Crippen LogP contribution in [0, 0.1) is 16.7 Å². The number of nitrogens with zero attached hydrogens (tertiary/aromatic N) is 1. The molecule has 0 aromatic rings. The Labute approximate surface area is 81.3 Å². The van der Waals surface area contributed by atoms with Gasteiger partial charge in [-0.25, -0.2) is 0 Å². The molecule has 1 aliphatic rings. The molecule has 0 spiro atoms. The molecule has 1 fully saturated rings. The Kier molecular flexibility index (Phi) is 2.98. The van der Waals surface area contributed by atoms with Gasteiger partial charge in [-0.3, -0.25) is 0 Å². The summed E-state index contributed by atoms with van der Waals surface area (Å²) in [5, 5.41) is 12.3. The van der Waals surface area contributed by atoms with Gasteiger partial charge in [0.15, 0.2) is 0 Å². The third-order valence-corrected chi connectivity index (χ3v) is 3.38. The highest BCUT2D eigenvalue weighted by Crippen LogP contribution is 2.37. The van der Waals surface area contributed by atoms with Crippen LogP contribution < -0.4 is 5.32 Å². The van der Waals surface area contributed by atoms with Gasteiger partial charge in [0, 0.05) is 0 Å². The lowest BCUT2D eigenvalue weighted by Crippen LogP contribution is -2.40. The van der Waals surface area contributed by atoms with Gasteiger partial charge in [-0.15, -0.1) is 0 Å². The van der Waals surface area contributed by atoms with E-state index < -0.39 is 0 Å². The monoisotopic (exact) mass is 180 g/mol. The van der Waals surface area contributed by atoms with E-state index in [1.807, 2.05) is 7.05 Å². The smallest absolute Gasteiger partial charge is 0.106 e. The van der Waals surface area contributed by atoms with Gasteiger partial charge < -0.3 is 5.32 Å². The van der Waals surface area contributed by atoms with Crippen molar-refractivity contribution in [2.75, 3.05) is 7.05 Å². The molecule has 13 heavy (non-hydrogen) atoms. The van der Waals surface area contributed by atoms with Gasteiger partial charge in [-0.1, -0.05) is 20.3 Å². The predicted octanol–water partition coefficient (Wildman–Crippen LogP) is 2.46. The first-order valence-electron chi connectivity index (χ1n) is 5.14. The lowest BCUT2D eigenvalue weighted by atomic mass is 9.84. The topological polar surface area (TPSA) is 35.8 Å². The molecule has 1 saturated carbocycles. The number of hydrogen-bond donors (Lipinski definition) is 1. The number of rotatable bonds is 1. The van der Waals surface area contributed by atoms with E-state index >= 15 is 0 Å². The summed E-state index contributed by atoms with van der Waals surface area (Å²) >= 11 is 0. The van der Waals surface area contributed by atoms with E-state index in [1.165, 1.54) is 12.8 Å². The molecule has 0 amide bonds. The fourth-order valence-corrected chi connectivity index (χ4v) is 2.09. The molecule has 0 aromatic carbocycles. The zero-order valence-corrected chi connectivity index (χ0v) is 8.98. The van der Waals surface area contributed by atoms with Gasteiger partial charge in [0.2, 0.25) is 0 Å². The average molecular weight is 180 g/mol. The van der Waals surface area contributed by atoms with Crippen LogP contribution in [-0.4, -0.2) is 12.6 Å². The molecule has 1 atom stereocenters. The molecule has 0 heterocycles. The van der Waals surface area contributed by atoms with Crippen LogP contribution in [0.5, 0.6) is 0 Å². The third-order valence-electron chi connectivity index (χ3n) is 3.38. The van der Waals surface area contributed by atoms with Gasteiger partial charge in [-0.05, 0) is 38.1 Å². The Morgan fingerprint density at radius 3 is 2.38 bits per heavy atom. The lowest BCUT2D eigenvalue weighted by molar-refractivity contribution is 0.302. The number of nitrogens with one attached hydrogen (secondary N) is 1. The fourth-order valence-electron chi connectivity index (χ4n) is 2.09. The van der Waals surface area contributed by atoms with Crippen molar-refractivity contribution in [3.63, 3.8) is 0 Å². The molecule has 1 N–H and O–H groups in total. The normalized spacial score (nSPS) is 33.4. The van der Waals surface area contributed by atoms with E-state index in [4.69, 9.17) is 5.26 Å². The Bertz CT molecular complexity index is 215. The van der Waals surface area contributed by atoms with E-state index in [1.54, 1.807) is 0 Å². The van der Waals surface area contributed by atoms with Crippen LogP contribution in [0.15, 0.2) is 0 Å². The number of hydrogen-bond acceptors (Lipinski definition) is 2. The molecule has 2 nitrogen and oxygen atoms in total. The Balaban J connectivity index is 2.69. The first-order valence-corrected chi connectivity index (χ1v) is 5.14. The maximum Gasteiger partial charge on any atom is 0.106 e. The molecule has 2 heteroatoms. The van der Waals surface area contributed by atoms with Crippen molar-refractivity contribution in [3.05, 3.63) is 0 Å². The highest BCUT2D eigenvalue weighted by molar-refractivity contribution is 5.08. The highest BCUT2D eigenvalue weighted by atomic mass is 14.9.